The zero-order chi connectivity index (χ0) is 9.14. The van der Waals surface area contributed by atoms with Crippen LogP contribution < -0.4 is 5.73 Å². The van der Waals surface area contributed by atoms with E-state index in [1.807, 2.05) is 6.92 Å². The topological polar surface area (TPSA) is 81.1 Å². The summed E-state index contributed by atoms with van der Waals surface area (Å²) >= 11 is 0. The van der Waals surface area contributed by atoms with Gasteiger partial charge in [0.15, 0.2) is 0 Å². The summed E-state index contributed by atoms with van der Waals surface area (Å²) in [4.78, 5) is 10.2. The first-order chi connectivity index (χ1) is 5.61. The monoisotopic (exact) mass is 169 g/mol. The van der Waals surface area contributed by atoms with Gasteiger partial charge in [-0.05, 0) is 6.92 Å². The molecule has 0 aliphatic carbocycles. The van der Waals surface area contributed by atoms with Crippen molar-refractivity contribution in [2.75, 3.05) is 5.73 Å². The van der Waals surface area contributed by atoms with Crippen LogP contribution >= 0.6 is 0 Å². The Kier molecular flexibility index (Phi) is 2.32. The minimum Gasteiger partial charge on any atom is -0.481 e. The van der Waals surface area contributed by atoms with Crippen molar-refractivity contribution < 1.29 is 9.90 Å². The molecular weight excluding hydrogens is 158 g/mol. The molecule has 0 atom stereocenters. The van der Waals surface area contributed by atoms with Crippen LogP contribution in [0.4, 0.5) is 5.69 Å². The van der Waals surface area contributed by atoms with E-state index >= 15 is 0 Å². The number of carboxylic acids is 1. The maximum absolute atomic E-state index is 10.2. The van der Waals surface area contributed by atoms with Crippen molar-refractivity contribution in [3.63, 3.8) is 0 Å². The van der Waals surface area contributed by atoms with E-state index in [-0.39, 0.29) is 6.42 Å². The van der Waals surface area contributed by atoms with Crippen molar-refractivity contribution in [3.8, 4) is 0 Å². The standard InChI is InChI=1S/C7H11N3O2/c1-5-6(8)4-9-10(5)3-2-7(11)12/h4H,2-3,8H2,1H3,(H,11,12). The fourth-order valence-electron chi connectivity index (χ4n) is 0.888. The molecule has 0 fully saturated rings. The van der Waals surface area contributed by atoms with Gasteiger partial charge in [-0.15, -0.1) is 0 Å². The molecular formula is C7H11N3O2. The molecule has 1 aromatic rings. The van der Waals surface area contributed by atoms with Crippen molar-refractivity contribution in [3.05, 3.63) is 11.9 Å². The lowest BCUT2D eigenvalue weighted by Gasteiger charge is -2.00. The van der Waals surface area contributed by atoms with E-state index in [2.05, 4.69) is 5.10 Å². The number of rotatable bonds is 3. The number of nitrogens with zero attached hydrogens (tertiary/aromatic N) is 2. The maximum Gasteiger partial charge on any atom is 0.305 e. The molecule has 5 heteroatoms. The van der Waals surface area contributed by atoms with Gasteiger partial charge in [-0.2, -0.15) is 5.10 Å². The van der Waals surface area contributed by atoms with E-state index in [4.69, 9.17) is 10.8 Å². The number of carbonyl (C=O) groups is 1. The summed E-state index contributed by atoms with van der Waals surface area (Å²) in [5.41, 5.74) is 6.93. The Balaban J connectivity index is 2.63. The summed E-state index contributed by atoms with van der Waals surface area (Å²) in [7, 11) is 0. The molecule has 1 heterocycles. The van der Waals surface area contributed by atoms with Crippen LogP contribution in [0.25, 0.3) is 0 Å². The Bertz CT molecular complexity index is 293. The van der Waals surface area contributed by atoms with Crippen molar-refractivity contribution in [1.29, 1.82) is 0 Å². The van der Waals surface area contributed by atoms with E-state index in [1.165, 1.54) is 6.20 Å². The van der Waals surface area contributed by atoms with Gasteiger partial charge in [-0.3, -0.25) is 9.48 Å². The van der Waals surface area contributed by atoms with Crippen molar-refractivity contribution in [2.45, 2.75) is 19.9 Å². The highest BCUT2D eigenvalue weighted by Crippen LogP contribution is 2.08. The third-order valence-electron chi connectivity index (χ3n) is 1.68. The second-order valence-corrected chi connectivity index (χ2v) is 2.55. The van der Waals surface area contributed by atoms with Crippen molar-refractivity contribution in [2.24, 2.45) is 0 Å². The molecule has 0 saturated carbocycles. The molecule has 0 aromatic carbocycles. The number of hydrogen-bond acceptors (Lipinski definition) is 3. The number of aliphatic carboxylic acids is 1. The SMILES string of the molecule is Cc1c(N)cnn1CCC(=O)O. The van der Waals surface area contributed by atoms with Gasteiger partial charge in [-0.1, -0.05) is 0 Å². The fourth-order valence-corrected chi connectivity index (χ4v) is 0.888. The molecule has 1 rings (SSSR count). The van der Waals surface area contributed by atoms with Gasteiger partial charge < -0.3 is 10.8 Å². The Hall–Kier alpha value is -1.52. The van der Waals surface area contributed by atoms with Crippen LogP contribution in [0.15, 0.2) is 6.20 Å². The highest BCUT2D eigenvalue weighted by molar-refractivity contribution is 5.66. The Morgan fingerprint density at radius 1 is 1.83 bits per heavy atom. The molecule has 0 amide bonds. The third-order valence-corrected chi connectivity index (χ3v) is 1.68. The second kappa shape index (κ2) is 3.25. The van der Waals surface area contributed by atoms with Gasteiger partial charge in [0.1, 0.15) is 0 Å². The van der Waals surface area contributed by atoms with Gasteiger partial charge in [0.05, 0.1) is 30.5 Å². The first-order valence-corrected chi connectivity index (χ1v) is 3.61. The molecule has 1 aromatic heterocycles. The number of anilines is 1. The number of nitrogens with two attached hydrogens (primary N) is 1. The number of nitrogen functional groups attached to an aromatic ring is 1. The molecule has 0 unspecified atom stereocenters. The maximum atomic E-state index is 10.2. The van der Waals surface area contributed by atoms with Crippen LogP contribution in [0.5, 0.6) is 0 Å². The Morgan fingerprint density at radius 2 is 2.50 bits per heavy atom. The number of hydrogen-bond donors (Lipinski definition) is 2. The van der Waals surface area contributed by atoms with E-state index in [1.54, 1.807) is 4.68 Å². The summed E-state index contributed by atoms with van der Waals surface area (Å²) in [5.74, 6) is -0.830. The molecule has 0 aliphatic heterocycles. The molecule has 0 aliphatic rings. The van der Waals surface area contributed by atoms with Gasteiger partial charge in [-0.25, -0.2) is 0 Å². The zero-order valence-electron chi connectivity index (χ0n) is 6.82. The van der Waals surface area contributed by atoms with Crippen LogP contribution in [0.1, 0.15) is 12.1 Å². The average molecular weight is 169 g/mol. The van der Waals surface area contributed by atoms with Gasteiger partial charge in [0.25, 0.3) is 0 Å². The normalized spacial score (nSPS) is 10.1. The second-order valence-electron chi connectivity index (χ2n) is 2.55. The number of carboxylic acid groups (broad SMARTS) is 1. The molecule has 5 nitrogen and oxygen atoms in total. The summed E-state index contributed by atoms with van der Waals surface area (Å²) in [6, 6.07) is 0. The Morgan fingerprint density at radius 3 is 2.92 bits per heavy atom. The van der Waals surface area contributed by atoms with Crippen molar-refractivity contribution >= 4 is 11.7 Å². The quantitative estimate of drug-likeness (QED) is 0.679. The summed E-state index contributed by atoms with van der Waals surface area (Å²) in [5, 5.41) is 12.3. The molecule has 3 N–H and O–H groups in total. The van der Waals surface area contributed by atoms with Crippen molar-refractivity contribution in [1.82, 2.24) is 9.78 Å². The lowest BCUT2D eigenvalue weighted by molar-refractivity contribution is -0.137. The lowest BCUT2D eigenvalue weighted by atomic mass is 10.4. The van der Waals surface area contributed by atoms with Crippen LogP contribution in [-0.2, 0) is 11.3 Å². The number of aromatic nitrogens is 2. The van der Waals surface area contributed by atoms with E-state index in [9.17, 15) is 4.79 Å². The lowest BCUT2D eigenvalue weighted by Crippen LogP contribution is -2.07. The highest BCUT2D eigenvalue weighted by Gasteiger charge is 2.04. The average Bonchev–Trinajstić information content (AvgIpc) is 2.30. The molecule has 66 valence electrons. The zero-order valence-corrected chi connectivity index (χ0v) is 6.82. The predicted molar refractivity (Wildman–Crippen MR) is 43.6 cm³/mol. The van der Waals surface area contributed by atoms with Crippen LogP contribution in [0, 0.1) is 6.92 Å². The molecule has 12 heavy (non-hydrogen) atoms. The van der Waals surface area contributed by atoms with E-state index in [0.717, 1.165) is 5.69 Å². The minimum absolute atomic E-state index is 0.0714. The van der Waals surface area contributed by atoms with Crippen LogP contribution in [0.2, 0.25) is 0 Å². The predicted octanol–water partition coefficient (Wildman–Crippen LogP) is 0.248. The first kappa shape index (κ1) is 8.58. The summed E-state index contributed by atoms with van der Waals surface area (Å²) in [6.45, 7) is 2.18. The van der Waals surface area contributed by atoms with Gasteiger partial charge >= 0.3 is 5.97 Å². The van der Waals surface area contributed by atoms with E-state index < -0.39 is 5.97 Å². The smallest absolute Gasteiger partial charge is 0.305 e. The van der Waals surface area contributed by atoms with Gasteiger partial charge in [0.2, 0.25) is 0 Å². The largest absolute Gasteiger partial charge is 0.481 e. The first-order valence-electron chi connectivity index (χ1n) is 3.61. The molecule has 0 radical (unpaired) electrons. The number of aryl methyl sites for hydroxylation is 1. The summed E-state index contributed by atoms with van der Waals surface area (Å²) in [6.07, 6.45) is 1.60. The highest BCUT2D eigenvalue weighted by atomic mass is 16.4. The third kappa shape index (κ3) is 1.75. The molecule has 0 bridgehead atoms. The minimum atomic E-state index is -0.830. The van der Waals surface area contributed by atoms with Crippen LogP contribution in [-0.4, -0.2) is 20.9 Å². The fraction of sp³-hybridized carbons (Fsp3) is 0.429. The molecule has 0 saturated heterocycles. The Labute approximate surface area is 69.8 Å². The summed E-state index contributed by atoms with van der Waals surface area (Å²) < 4.78 is 1.59. The van der Waals surface area contributed by atoms with Crippen LogP contribution in [0.3, 0.4) is 0 Å². The van der Waals surface area contributed by atoms with Gasteiger partial charge in [0, 0.05) is 0 Å². The molecule has 0 spiro atoms. The van der Waals surface area contributed by atoms with E-state index in [0.29, 0.717) is 12.2 Å².